The monoisotopic (exact) mass is 862 g/mol. The number of hydrogen-bond donors (Lipinski definition) is 3. The van der Waals surface area contributed by atoms with Gasteiger partial charge in [-0.3, -0.25) is 18.6 Å². The molecule has 0 spiro atoms. The van der Waals surface area contributed by atoms with Crippen LogP contribution in [-0.2, 0) is 32.7 Å². The fourth-order valence-electron chi connectivity index (χ4n) is 5.92. The molecule has 0 amide bonds. The number of carbonyl (C=O) groups excluding carboxylic acids is 2. The molecule has 0 saturated heterocycles. The first kappa shape index (κ1) is 57.1. The summed E-state index contributed by atoms with van der Waals surface area (Å²) in [5.41, 5.74) is 5.35. The number of hydrogen-bond acceptors (Lipinski definition) is 9. The molecule has 0 aliphatic carbocycles. The molecule has 0 aliphatic heterocycles. The lowest BCUT2D eigenvalue weighted by molar-refractivity contribution is -0.161. The standard InChI is InChI=1S/C49H84NO9P/c1-3-5-7-9-11-12-13-14-15-16-17-18-19-20-21-26-29-33-37-41-49(53)59-47(45-58-60(54,55)57-43-42-50)44-56-48(52)40-36-32-28-25-23-22-24-27-31-35-39-46(51)38-34-30-10-8-6-4-2/h6,8,14-15,22-23,27-28,30-32,34-35,39,46-47,51H,3-5,7,9-13,16-21,24-26,29,33,36-38,40-45,50H2,1-2H3,(H,54,55)/b8-6-,15-14-,23-22-,31-27-,32-28-,34-30-,39-35+/t46?,47-/m1/s1. The molecule has 10 nitrogen and oxygen atoms in total. The third-order valence-electron chi connectivity index (χ3n) is 9.36. The van der Waals surface area contributed by atoms with Gasteiger partial charge in [-0.2, -0.15) is 0 Å². The van der Waals surface area contributed by atoms with Crippen LogP contribution in [0.4, 0.5) is 0 Å². The molecular formula is C49H84NO9P. The van der Waals surface area contributed by atoms with E-state index in [0.29, 0.717) is 19.3 Å². The Balaban J connectivity index is 4.29. The normalized spacial score (nSPS) is 14.6. The topological polar surface area (TPSA) is 155 Å². The smallest absolute Gasteiger partial charge is 0.462 e. The molecular weight excluding hydrogens is 778 g/mol. The third-order valence-corrected chi connectivity index (χ3v) is 10.3. The first-order chi connectivity index (χ1) is 29.2. The Morgan fingerprint density at radius 2 is 1.15 bits per heavy atom. The van der Waals surface area contributed by atoms with E-state index in [1.807, 2.05) is 48.6 Å². The second-order valence-corrected chi connectivity index (χ2v) is 16.5. The fraction of sp³-hybridized carbons (Fsp3) is 0.673. The van der Waals surface area contributed by atoms with Gasteiger partial charge in [0.15, 0.2) is 6.10 Å². The summed E-state index contributed by atoms with van der Waals surface area (Å²) in [7, 11) is -4.41. The van der Waals surface area contributed by atoms with Crippen molar-refractivity contribution >= 4 is 19.8 Å². The second kappa shape index (κ2) is 44.2. The number of rotatable bonds is 42. The second-order valence-electron chi connectivity index (χ2n) is 15.1. The van der Waals surface area contributed by atoms with E-state index in [2.05, 4.69) is 44.2 Å². The molecule has 0 aromatic carbocycles. The highest BCUT2D eigenvalue weighted by Crippen LogP contribution is 2.43. The lowest BCUT2D eigenvalue weighted by Gasteiger charge is -2.19. The van der Waals surface area contributed by atoms with Crippen LogP contribution < -0.4 is 5.73 Å². The van der Waals surface area contributed by atoms with Crippen molar-refractivity contribution in [1.29, 1.82) is 0 Å². The molecule has 11 heteroatoms. The zero-order valence-electron chi connectivity index (χ0n) is 37.5. The Bertz CT molecular complexity index is 1270. The highest BCUT2D eigenvalue weighted by molar-refractivity contribution is 7.47. The molecule has 0 fully saturated rings. The Morgan fingerprint density at radius 1 is 0.600 bits per heavy atom. The number of phosphoric ester groups is 1. The van der Waals surface area contributed by atoms with Gasteiger partial charge in [-0.15, -0.1) is 0 Å². The first-order valence-electron chi connectivity index (χ1n) is 23.2. The summed E-state index contributed by atoms with van der Waals surface area (Å²) in [6.45, 7) is 3.44. The van der Waals surface area contributed by atoms with Gasteiger partial charge < -0.3 is 25.2 Å². The van der Waals surface area contributed by atoms with Crippen molar-refractivity contribution in [3.05, 3.63) is 85.1 Å². The minimum atomic E-state index is -4.41. The summed E-state index contributed by atoms with van der Waals surface area (Å²) in [5.74, 6) is -0.963. The van der Waals surface area contributed by atoms with Crippen LogP contribution >= 0.6 is 7.82 Å². The van der Waals surface area contributed by atoms with Gasteiger partial charge in [-0.05, 0) is 70.6 Å². The van der Waals surface area contributed by atoms with Gasteiger partial charge in [0, 0.05) is 19.4 Å². The average Bonchev–Trinajstić information content (AvgIpc) is 3.23. The van der Waals surface area contributed by atoms with Crippen molar-refractivity contribution in [2.24, 2.45) is 5.73 Å². The van der Waals surface area contributed by atoms with Crippen LogP contribution in [0.3, 0.4) is 0 Å². The van der Waals surface area contributed by atoms with Crippen molar-refractivity contribution in [2.75, 3.05) is 26.4 Å². The predicted octanol–water partition coefficient (Wildman–Crippen LogP) is 12.6. The Kier molecular flexibility index (Phi) is 42.1. The van der Waals surface area contributed by atoms with Crippen LogP contribution in [-0.4, -0.2) is 60.5 Å². The molecule has 0 rings (SSSR count). The Morgan fingerprint density at radius 3 is 1.78 bits per heavy atom. The Hall–Kier alpha value is -2.85. The summed E-state index contributed by atoms with van der Waals surface area (Å²) < 4.78 is 32.7. The van der Waals surface area contributed by atoms with E-state index in [4.69, 9.17) is 24.3 Å². The zero-order valence-corrected chi connectivity index (χ0v) is 38.4. The zero-order chi connectivity index (χ0) is 44.0. The molecule has 4 N–H and O–H groups in total. The summed E-state index contributed by atoms with van der Waals surface area (Å²) in [6.07, 6.45) is 52.3. The van der Waals surface area contributed by atoms with Crippen LogP contribution in [0, 0.1) is 0 Å². The number of allylic oxidation sites excluding steroid dienone is 12. The summed E-state index contributed by atoms with van der Waals surface area (Å²) >= 11 is 0. The minimum Gasteiger partial charge on any atom is -0.462 e. The molecule has 2 unspecified atom stereocenters. The van der Waals surface area contributed by atoms with E-state index in [-0.39, 0.29) is 32.6 Å². The maximum absolute atomic E-state index is 12.6. The predicted molar refractivity (Wildman–Crippen MR) is 248 cm³/mol. The number of aliphatic hydroxyl groups excluding tert-OH is 1. The van der Waals surface area contributed by atoms with Gasteiger partial charge in [-0.25, -0.2) is 4.57 Å². The van der Waals surface area contributed by atoms with E-state index in [9.17, 15) is 24.2 Å². The van der Waals surface area contributed by atoms with Crippen molar-refractivity contribution in [1.82, 2.24) is 0 Å². The van der Waals surface area contributed by atoms with Gasteiger partial charge in [0.1, 0.15) is 6.61 Å². The maximum Gasteiger partial charge on any atom is 0.472 e. The van der Waals surface area contributed by atoms with Gasteiger partial charge in [-0.1, -0.05) is 176 Å². The van der Waals surface area contributed by atoms with Crippen LogP contribution in [0.1, 0.15) is 174 Å². The number of unbranched alkanes of at least 4 members (excludes halogenated alkanes) is 15. The SMILES string of the molecule is CC/C=C\C/C=C\CC(O)/C=C/C=C\C/C=C\C/C=C\CCC(=O)OC[C@H](COP(=O)(O)OCCN)OC(=O)CCCCCCCCCCC/C=C\CCCCCCCC. The molecule has 0 aromatic rings. The molecule has 3 atom stereocenters. The van der Waals surface area contributed by atoms with Crippen LogP contribution in [0.15, 0.2) is 85.1 Å². The molecule has 0 saturated carbocycles. The number of phosphoric acid groups is 1. The van der Waals surface area contributed by atoms with Crippen LogP contribution in [0.5, 0.6) is 0 Å². The summed E-state index contributed by atoms with van der Waals surface area (Å²) in [4.78, 5) is 34.9. The molecule has 344 valence electrons. The molecule has 0 radical (unpaired) electrons. The van der Waals surface area contributed by atoms with E-state index >= 15 is 0 Å². The number of aliphatic hydroxyl groups is 1. The van der Waals surface area contributed by atoms with E-state index < -0.39 is 38.6 Å². The van der Waals surface area contributed by atoms with Gasteiger partial charge in [0.2, 0.25) is 0 Å². The van der Waals surface area contributed by atoms with E-state index in [1.165, 1.54) is 83.5 Å². The molecule has 60 heavy (non-hydrogen) atoms. The average molecular weight is 862 g/mol. The van der Waals surface area contributed by atoms with Crippen LogP contribution in [0.2, 0.25) is 0 Å². The lowest BCUT2D eigenvalue weighted by atomic mass is 10.1. The number of nitrogens with two attached hydrogens (primary N) is 1. The third kappa shape index (κ3) is 43.2. The minimum absolute atomic E-state index is 0.0320. The summed E-state index contributed by atoms with van der Waals surface area (Å²) in [5, 5.41) is 10.00. The van der Waals surface area contributed by atoms with Crippen molar-refractivity contribution in [3.63, 3.8) is 0 Å². The van der Waals surface area contributed by atoms with E-state index in [1.54, 1.807) is 6.08 Å². The van der Waals surface area contributed by atoms with Crippen molar-refractivity contribution in [3.8, 4) is 0 Å². The van der Waals surface area contributed by atoms with Gasteiger partial charge in [0.05, 0.1) is 19.3 Å². The molecule has 0 aromatic heterocycles. The quantitative estimate of drug-likeness (QED) is 0.0178. The highest BCUT2D eigenvalue weighted by atomic mass is 31.2. The number of esters is 2. The first-order valence-corrected chi connectivity index (χ1v) is 24.7. The maximum atomic E-state index is 12.6. The fourth-order valence-corrected chi connectivity index (χ4v) is 6.68. The van der Waals surface area contributed by atoms with Crippen LogP contribution in [0.25, 0.3) is 0 Å². The number of ether oxygens (including phenoxy) is 2. The van der Waals surface area contributed by atoms with Crippen molar-refractivity contribution in [2.45, 2.75) is 187 Å². The van der Waals surface area contributed by atoms with Gasteiger partial charge >= 0.3 is 19.8 Å². The summed E-state index contributed by atoms with van der Waals surface area (Å²) in [6, 6.07) is 0. The Labute approximate surface area is 365 Å². The number of carbonyl (C=O) groups is 2. The van der Waals surface area contributed by atoms with Crippen molar-refractivity contribution < 1.29 is 42.7 Å². The van der Waals surface area contributed by atoms with E-state index in [0.717, 1.165) is 44.9 Å². The molecule has 0 bridgehead atoms. The lowest BCUT2D eigenvalue weighted by Crippen LogP contribution is -2.29. The molecule has 0 aliphatic rings. The largest absolute Gasteiger partial charge is 0.472 e. The highest BCUT2D eigenvalue weighted by Gasteiger charge is 2.26. The molecule has 0 heterocycles. The van der Waals surface area contributed by atoms with Gasteiger partial charge in [0.25, 0.3) is 0 Å².